The van der Waals surface area contributed by atoms with Gasteiger partial charge >= 0.3 is 0 Å². The number of hydrogen-bond donors (Lipinski definition) is 0. The second-order valence-corrected chi connectivity index (χ2v) is 3.39. The van der Waals surface area contributed by atoms with Gasteiger partial charge in [0.1, 0.15) is 6.29 Å². The van der Waals surface area contributed by atoms with Crippen LogP contribution >= 0.6 is 0 Å². The number of hydrogen-bond acceptors (Lipinski definition) is 1. The van der Waals surface area contributed by atoms with Crippen molar-refractivity contribution in [3.8, 4) is 0 Å². The first-order chi connectivity index (χ1) is 4.18. The lowest BCUT2D eigenvalue weighted by Crippen LogP contribution is -1.92. The van der Waals surface area contributed by atoms with Crippen molar-refractivity contribution in [1.29, 1.82) is 0 Å². The standard InChI is InChI=1S/C8H14O/c1-5(2)8-6(3)7(8)4-9/h4-8H,1-3H3/t6-,7-,8-/m0/s1. The van der Waals surface area contributed by atoms with Crippen molar-refractivity contribution in [2.24, 2.45) is 23.7 Å². The molecule has 52 valence electrons. The first-order valence-electron chi connectivity index (χ1n) is 3.63. The lowest BCUT2D eigenvalue weighted by atomic mass is 10.1. The zero-order valence-corrected chi connectivity index (χ0v) is 6.29. The van der Waals surface area contributed by atoms with E-state index in [4.69, 9.17) is 0 Å². The van der Waals surface area contributed by atoms with E-state index in [1.54, 1.807) is 0 Å². The minimum absolute atomic E-state index is 0.380. The molecule has 1 heteroatoms. The molecule has 3 atom stereocenters. The molecule has 1 fully saturated rings. The predicted octanol–water partition coefficient (Wildman–Crippen LogP) is 1.72. The van der Waals surface area contributed by atoms with Crippen molar-refractivity contribution in [1.82, 2.24) is 0 Å². The highest BCUT2D eigenvalue weighted by Crippen LogP contribution is 2.48. The first kappa shape index (κ1) is 6.79. The van der Waals surface area contributed by atoms with Gasteiger partial charge in [-0.05, 0) is 17.8 Å². The smallest absolute Gasteiger partial charge is 0.123 e. The van der Waals surface area contributed by atoms with Gasteiger partial charge in [0, 0.05) is 5.92 Å². The molecular weight excluding hydrogens is 112 g/mol. The summed E-state index contributed by atoms with van der Waals surface area (Å²) in [5.74, 6) is 2.41. The Morgan fingerprint density at radius 1 is 1.44 bits per heavy atom. The van der Waals surface area contributed by atoms with Gasteiger partial charge in [-0.25, -0.2) is 0 Å². The van der Waals surface area contributed by atoms with Crippen molar-refractivity contribution in [2.45, 2.75) is 20.8 Å². The summed E-state index contributed by atoms with van der Waals surface area (Å²) in [6, 6.07) is 0. The number of aldehydes is 1. The van der Waals surface area contributed by atoms with Crippen molar-refractivity contribution in [3.05, 3.63) is 0 Å². The molecule has 0 aromatic heterocycles. The van der Waals surface area contributed by atoms with Gasteiger partial charge in [0.2, 0.25) is 0 Å². The Kier molecular flexibility index (Phi) is 1.60. The topological polar surface area (TPSA) is 17.1 Å². The maximum absolute atomic E-state index is 10.3. The molecule has 0 aromatic rings. The highest BCUT2D eigenvalue weighted by molar-refractivity contribution is 5.59. The molecule has 1 nitrogen and oxygen atoms in total. The average molecular weight is 126 g/mol. The summed E-state index contributed by atoms with van der Waals surface area (Å²) < 4.78 is 0. The van der Waals surface area contributed by atoms with Crippen molar-refractivity contribution < 1.29 is 4.79 Å². The van der Waals surface area contributed by atoms with Gasteiger partial charge in [0.15, 0.2) is 0 Å². The molecule has 0 amide bonds. The molecule has 0 aliphatic heterocycles. The largest absolute Gasteiger partial charge is 0.303 e. The normalized spacial score (nSPS) is 41.1. The van der Waals surface area contributed by atoms with E-state index in [9.17, 15) is 4.79 Å². The maximum Gasteiger partial charge on any atom is 0.123 e. The zero-order valence-electron chi connectivity index (χ0n) is 6.29. The van der Waals surface area contributed by atoms with E-state index in [2.05, 4.69) is 20.8 Å². The molecule has 9 heavy (non-hydrogen) atoms. The van der Waals surface area contributed by atoms with Crippen LogP contribution in [-0.2, 0) is 4.79 Å². The molecule has 0 aromatic carbocycles. The summed E-state index contributed by atoms with van der Waals surface area (Å²) in [7, 11) is 0. The molecule has 1 rings (SSSR count). The fourth-order valence-electron chi connectivity index (χ4n) is 1.79. The minimum Gasteiger partial charge on any atom is -0.303 e. The summed E-state index contributed by atoms with van der Waals surface area (Å²) in [5, 5.41) is 0. The van der Waals surface area contributed by atoms with Crippen LogP contribution in [0.15, 0.2) is 0 Å². The Bertz CT molecular complexity index is 118. The quantitative estimate of drug-likeness (QED) is 0.515. The molecule has 1 aliphatic rings. The fraction of sp³-hybridized carbons (Fsp3) is 0.875. The third kappa shape index (κ3) is 1.00. The summed E-state index contributed by atoms with van der Waals surface area (Å²) in [5.41, 5.74) is 0. The number of carbonyl (C=O) groups excluding carboxylic acids is 1. The van der Waals surface area contributed by atoms with Crippen LogP contribution in [0.4, 0.5) is 0 Å². The van der Waals surface area contributed by atoms with E-state index in [0.29, 0.717) is 23.7 Å². The van der Waals surface area contributed by atoms with Crippen molar-refractivity contribution in [2.75, 3.05) is 0 Å². The van der Waals surface area contributed by atoms with Crippen LogP contribution in [0.2, 0.25) is 0 Å². The van der Waals surface area contributed by atoms with E-state index in [1.165, 1.54) is 0 Å². The lowest BCUT2D eigenvalue weighted by molar-refractivity contribution is -0.109. The highest BCUT2D eigenvalue weighted by atomic mass is 16.1. The molecule has 1 saturated carbocycles. The van der Waals surface area contributed by atoms with Gasteiger partial charge in [0.25, 0.3) is 0 Å². The Hall–Kier alpha value is -0.330. The average Bonchev–Trinajstić information content (AvgIpc) is 2.40. The molecule has 1 aliphatic carbocycles. The molecule has 0 heterocycles. The van der Waals surface area contributed by atoms with Gasteiger partial charge in [-0.15, -0.1) is 0 Å². The third-order valence-corrected chi connectivity index (χ3v) is 2.44. The highest BCUT2D eigenvalue weighted by Gasteiger charge is 2.47. The second kappa shape index (κ2) is 2.13. The minimum atomic E-state index is 0.380. The SMILES string of the molecule is CC(C)[C@H]1[C@@H](C)[C@@H]1C=O. The summed E-state index contributed by atoms with van der Waals surface area (Å²) >= 11 is 0. The van der Waals surface area contributed by atoms with E-state index in [-0.39, 0.29) is 0 Å². The van der Waals surface area contributed by atoms with Crippen LogP contribution in [0.1, 0.15) is 20.8 Å². The Labute approximate surface area is 56.4 Å². The van der Waals surface area contributed by atoms with E-state index in [1.807, 2.05) is 0 Å². The molecule has 0 saturated heterocycles. The molecule has 0 spiro atoms. The van der Waals surface area contributed by atoms with E-state index >= 15 is 0 Å². The van der Waals surface area contributed by atoms with Gasteiger partial charge in [-0.1, -0.05) is 20.8 Å². The maximum atomic E-state index is 10.3. The van der Waals surface area contributed by atoms with E-state index in [0.717, 1.165) is 6.29 Å². The van der Waals surface area contributed by atoms with Crippen molar-refractivity contribution in [3.63, 3.8) is 0 Å². The van der Waals surface area contributed by atoms with Crippen LogP contribution in [0.3, 0.4) is 0 Å². The van der Waals surface area contributed by atoms with Crippen molar-refractivity contribution >= 4 is 6.29 Å². The van der Waals surface area contributed by atoms with Crippen LogP contribution in [-0.4, -0.2) is 6.29 Å². The van der Waals surface area contributed by atoms with Crippen LogP contribution in [0.5, 0.6) is 0 Å². The zero-order chi connectivity index (χ0) is 7.02. The third-order valence-electron chi connectivity index (χ3n) is 2.44. The van der Waals surface area contributed by atoms with Gasteiger partial charge < -0.3 is 4.79 Å². The van der Waals surface area contributed by atoms with Gasteiger partial charge in [-0.2, -0.15) is 0 Å². The second-order valence-electron chi connectivity index (χ2n) is 3.39. The predicted molar refractivity (Wildman–Crippen MR) is 37.0 cm³/mol. The fourth-order valence-corrected chi connectivity index (χ4v) is 1.79. The van der Waals surface area contributed by atoms with Gasteiger partial charge in [0.05, 0.1) is 0 Å². The van der Waals surface area contributed by atoms with Gasteiger partial charge in [-0.3, -0.25) is 0 Å². The van der Waals surface area contributed by atoms with Crippen LogP contribution in [0.25, 0.3) is 0 Å². The lowest BCUT2D eigenvalue weighted by Gasteiger charge is -1.97. The number of rotatable bonds is 2. The molecule has 0 radical (unpaired) electrons. The molecular formula is C8H14O. The van der Waals surface area contributed by atoms with Crippen LogP contribution < -0.4 is 0 Å². The summed E-state index contributed by atoms with van der Waals surface area (Å²) in [6.07, 6.45) is 1.11. The molecule has 0 bridgehead atoms. The Morgan fingerprint density at radius 3 is 2.11 bits per heavy atom. The monoisotopic (exact) mass is 126 g/mol. The molecule has 0 N–H and O–H groups in total. The first-order valence-corrected chi connectivity index (χ1v) is 3.63. The van der Waals surface area contributed by atoms with E-state index < -0.39 is 0 Å². The van der Waals surface area contributed by atoms with Crippen LogP contribution in [0, 0.1) is 23.7 Å². The Morgan fingerprint density at radius 2 is 2.00 bits per heavy atom. The summed E-state index contributed by atoms with van der Waals surface area (Å²) in [4.78, 5) is 10.3. The summed E-state index contributed by atoms with van der Waals surface area (Å²) in [6.45, 7) is 6.53. The Balaban J connectivity index is 2.41. The number of carbonyl (C=O) groups is 1. The molecule has 0 unspecified atom stereocenters.